The van der Waals surface area contributed by atoms with Gasteiger partial charge in [-0.05, 0) is 73.5 Å². The van der Waals surface area contributed by atoms with Crippen molar-refractivity contribution in [2.45, 2.75) is 0 Å². The Kier molecular flexibility index (Phi) is 8.68. The second-order valence-corrected chi connectivity index (χ2v) is 15.8. The van der Waals surface area contributed by atoms with Crippen molar-refractivity contribution in [1.82, 2.24) is 15.0 Å². The van der Waals surface area contributed by atoms with E-state index < -0.39 is 0 Å². The van der Waals surface area contributed by atoms with Crippen molar-refractivity contribution in [2.75, 3.05) is 0 Å². The van der Waals surface area contributed by atoms with Crippen LogP contribution in [-0.2, 0) is 0 Å². The SMILES string of the molecule is c1ccc(-c2ccccc2-c2nc(-c3ccc(-c4cccc5c(-c6ccc7sc8ccccc8c7c6)cccc45)cc3)nc(-c3ccccc3-c3ccccc3)n2)cc1. The second-order valence-electron chi connectivity index (χ2n) is 14.7. The predicted octanol–water partition coefficient (Wildman–Crippen LogP) is 15.1. The number of hydrogen-bond acceptors (Lipinski definition) is 4. The molecule has 0 aliphatic heterocycles. The van der Waals surface area contributed by atoms with Gasteiger partial charge in [0.25, 0.3) is 0 Å². The average Bonchev–Trinajstić information content (AvgIpc) is 3.70. The highest BCUT2D eigenvalue weighted by atomic mass is 32.1. The van der Waals surface area contributed by atoms with E-state index in [2.05, 4.69) is 200 Å². The molecule has 2 aromatic heterocycles. The van der Waals surface area contributed by atoms with Crippen LogP contribution in [0.5, 0.6) is 0 Å². The number of aromatic nitrogens is 3. The lowest BCUT2D eigenvalue weighted by molar-refractivity contribution is 1.07. The number of hydrogen-bond donors (Lipinski definition) is 0. The Labute approximate surface area is 346 Å². The molecule has 0 N–H and O–H groups in total. The average molecular weight is 770 g/mol. The molecule has 0 saturated carbocycles. The van der Waals surface area contributed by atoms with Gasteiger partial charge in [-0.3, -0.25) is 0 Å². The van der Waals surface area contributed by atoms with Gasteiger partial charge in [-0.1, -0.05) is 194 Å². The fourth-order valence-electron chi connectivity index (χ4n) is 8.35. The summed E-state index contributed by atoms with van der Waals surface area (Å²) in [5.74, 6) is 1.89. The lowest BCUT2D eigenvalue weighted by Gasteiger charge is -2.14. The first-order valence-electron chi connectivity index (χ1n) is 19.9. The molecule has 0 amide bonds. The van der Waals surface area contributed by atoms with Gasteiger partial charge in [0.15, 0.2) is 17.5 Å². The smallest absolute Gasteiger partial charge is 0.164 e. The summed E-state index contributed by atoms with van der Waals surface area (Å²) in [6, 6.07) is 75.1. The topological polar surface area (TPSA) is 38.7 Å². The van der Waals surface area contributed by atoms with Crippen LogP contribution in [0.15, 0.2) is 212 Å². The van der Waals surface area contributed by atoms with Crippen molar-refractivity contribution < 1.29 is 0 Å². The van der Waals surface area contributed by atoms with Gasteiger partial charge >= 0.3 is 0 Å². The van der Waals surface area contributed by atoms with Crippen LogP contribution in [-0.4, -0.2) is 15.0 Å². The zero-order valence-corrected chi connectivity index (χ0v) is 32.8. The molecule has 276 valence electrons. The zero-order chi connectivity index (χ0) is 39.1. The third-order valence-electron chi connectivity index (χ3n) is 11.2. The third kappa shape index (κ3) is 6.37. The molecule has 0 fully saturated rings. The van der Waals surface area contributed by atoms with Gasteiger partial charge in [-0.15, -0.1) is 11.3 Å². The lowest BCUT2D eigenvalue weighted by atomic mass is 9.92. The van der Waals surface area contributed by atoms with Crippen LogP contribution < -0.4 is 0 Å². The Morgan fingerprint density at radius 2 is 0.644 bits per heavy atom. The molecule has 0 aliphatic rings. The minimum atomic E-state index is 0.624. The molecule has 4 heteroatoms. The summed E-state index contributed by atoms with van der Waals surface area (Å²) in [4.78, 5) is 15.6. The first-order valence-corrected chi connectivity index (χ1v) is 20.7. The van der Waals surface area contributed by atoms with Crippen LogP contribution in [0.4, 0.5) is 0 Å². The van der Waals surface area contributed by atoms with Crippen molar-refractivity contribution in [3.8, 4) is 78.7 Å². The minimum Gasteiger partial charge on any atom is -0.208 e. The van der Waals surface area contributed by atoms with Gasteiger partial charge in [0.2, 0.25) is 0 Å². The highest BCUT2D eigenvalue weighted by molar-refractivity contribution is 7.25. The molecule has 0 saturated heterocycles. The first kappa shape index (κ1) is 34.7. The Hall–Kier alpha value is -7.53. The number of rotatable bonds is 7. The Bertz CT molecular complexity index is 3210. The molecule has 3 nitrogen and oxygen atoms in total. The van der Waals surface area contributed by atoms with Gasteiger partial charge in [0.05, 0.1) is 0 Å². The van der Waals surface area contributed by atoms with Crippen LogP contribution in [0.3, 0.4) is 0 Å². The Balaban J connectivity index is 1.02. The van der Waals surface area contributed by atoms with Gasteiger partial charge in [-0.25, -0.2) is 15.0 Å². The summed E-state index contributed by atoms with van der Waals surface area (Å²) >= 11 is 1.85. The number of fused-ring (bicyclic) bond motifs is 4. The van der Waals surface area contributed by atoms with E-state index in [4.69, 9.17) is 15.0 Å². The van der Waals surface area contributed by atoms with Gasteiger partial charge in [-0.2, -0.15) is 0 Å². The molecule has 0 aliphatic carbocycles. The zero-order valence-electron chi connectivity index (χ0n) is 32.0. The van der Waals surface area contributed by atoms with Crippen LogP contribution in [0.1, 0.15) is 0 Å². The molecule has 0 unspecified atom stereocenters. The van der Waals surface area contributed by atoms with Gasteiger partial charge < -0.3 is 0 Å². The van der Waals surface area contributed by atoms with Crippen LogP contribution >= 0.6 is 11.3 Å². The van der Waals surface area contributed by atoms with Crippen molar-refractivity contribution >= 4 is 42.3 Å². The Morgan fingerprint density at radius 1 is 0.237 bits per heavy atom. The molecule has 59 heavy (non-hydrogen) atoms. The maximum absolute atomic E-state index is 5.21. The van der Waals surface area contributed by atoms with Crippen molar-refractivity contribution in [2.24, 2.45) is 0 Å². The number of nitrogens with zero attached hydrogens (tertiary/aromatic N) is 3. The van der Waals surface area contributed by atoms with Crippen molar-refractivity contribution in [3.05, 3.63) is 212 Å². The Morgan fingerprint density at radius 3 is 1.25 bits per heavy atom. The molecule has 0 atom stereocenters. The van der Waals surface area contributed by atoms with E-state index >= 15 is 0 Å². The molecular weight excluding hydrogens is 735 g/mol. The van der Waals surface area contributed by atoms with E-state index in [1.807, 2.05) is 23.5 Å². The normalized spacial score (nSPS) is 11.4. The highest BCUT2D eigenvalue weighted by Gasteiger charge is 2.18. The van der Waals surface area contributed by atoms with Crippen LogP contribution in [0.25, 0.3) is 110 Å². The van der Waals surface area contributed by atoms with E-state index in [9.17, 15) is 0 Å². The van der Waals surface area contributed by atoms with Crippen molar-refractivity contribution in [3.63, 3.8) is 0 Å². The first-order chi connectivity index (χ1) is 29.2. The monoisotopic (exact) mass is 769 g/mol. The quantitative estimate of drug-likeness (QED) is 0.162. The minimum absolute atomic E-state index is 0.624. The fraction of sp³-hybridized carbons (Fsp3) is 0. The predicted molar refractivity (Wildman–Crippen MR) is 248 cm³/mol. The van der Waals surface area contributed by atoms with Gasteiger partial charge in [0.1, 0.15) is 0 Å². The third-order valence-corrected chi connectivity index (χ3v) is 12.4. The molecule has 0 radical (unpaired) electrons. The van der Waals surface area contributed by atoms with E-state index in [-0.39, 0.29) is 0 Å². The van der Waals surface area contributed by atoms with E-state index in [1.54, 1.807) is 0 Å². The molecule has 9 aromatic carbocycles. The molecular formula is C55H35N3S. The van der Waals surface area contributed by atoms with E-state index in [0.717, 1.165) is 44.5 Å². The van der Waals surface area contributed by atoms with Crippen LogP contribution in [0.2, 0.25) is 0 Å². The molecule has 0 spiro atoms. The molecule has 0 bridgehead atoms. The summed E-state index contributed by atoms with van der Waals surface area (Å²) in [6.07, 6.45) is 0. The van der Waals surface area contributed by atoms with Crippen molar-refractivity contribution in [1.29, 1.82) is 0 Å². The maximum atomic E-state index is 5.21. The fourth-order valence-corrected chi connectivity index (χ4v) is 9.43. The molecule has 2 heterocycles. The number of thiophene rings is 1. The summed E-state index contributed by atoms with van der Waals surface area (Å²) in [5.41, 5.74) is 12.0. The largest absolute Gasteiger partial charge is 0.208 e. The maximum Gasteiger partial charge on any atom is 0.164 e. The number of benzene rings is 9. The summed E-state index contributed by atoms with van der Waals surface area (Å²) < 4.78 is 2.64. The van der Waals surface area contributed by atoms with E-state index in [1.165, 1.54) is 47.6 Å². The highest BCUT2D eigenvalue weighted by Crippen LogP contribution is 2.40. The summed E-state index contributed by atoms with van der Waals surface area (Å²) in [7, 11) is 0. The standard InChI is InChI=1S/C55H35N3S/c1-3-15-36(16-4-1)42-19-7-9-22-48(42)54-56-53(57-55(58-54)49-23-10-8-20-43(49)37-17-5-2-6-18-37)39-31-29-38(30-32-39)41-24-13-27-46-44(25-14-26-45(41)46)40-33-34-52-50(35-40)47-21-11-12-28-51(47)59-52/h1-35H. The summed E-state index contributed by atoms with van der Waals surface area (Å²) in [5, 5.41) is 5.07. The van der Waals surface area contributed by atoms with Crippen LogP contribution in [0, 0.1) is 0 Å². The van der Waals surface area contributed by atoms with E-state index in [0.29, 0.717) is 17.5 Å². The summed E-state index contributed by atoms with van der Waals surface area (Å²) in [6.45, 7) is 0. The van der Waals surface area contributed by atoms with Gasteiger partial charge in [0, 0.05) is 36.9 Å². The molecule has 11 rings (SSSR count). The lowest BCUT2D eigenvalue weighted by Crippen LogP contribution is -2.02. The second kappa shape index (κ2) is 14.8. The molecule has 11 aromatic rings.